The number of amides is 1. The van der Waals surface area contributed by atoms with Crippen LogP contribution >= 0.6 is 0 Å². The molecule has 0 radical (unpaired) electrons. The molecule has 0 unspecified atom stereocenters. The molecule has 1 amide bonds. The van der Waals surface area contributed by atoms with Crippen molar-refractivity contribution in [1.29, 1.82) is 0 Å². The van der Waals surface area contributed by atoms with Crippen molar-refractivity contribution >= 4 is 43.3 Å². The summed E-state index contributed by atoms with van der Waals surface area (Å²) in [5, 5.41) is 23.6. The minimum absolute atomic E-state index is 0.00550. The predicted molar refractivity (Wildman–Crippen MR) is 299 cm³/mol. The molecule has 4 aliphatic rings. The summed E-state index contributed by atoms with van der Waals surface area (Å²) >= 11 is 0. The van der Waals surface area contributed by atoms with Gasteiger partial charge in [0.1, 0.15) is 36.7 Å². The van der Waals surface area contributed by atoms with Gasteiger partial charge in [0.15, 0.2) is 5.78 Å². The summed E-state index contributed by atoms with van der Waals surface area (Å²) in [4.78, 5) is 84.9. The van der Waals surface area contributed by atoms with E-state index in [1.807, 2.05) is 58.1 Å². The maximum absolute atomic E-state index is 14.6. The number of fused-ring (bicyclic) bond motifs is 3. The molecule has 2 saturated heterocycles. The second-order valence-corrected chi connectivity index (χ2v) is 29.6. The summed E-state index contributed by atoms with van der Waals surface area (Å²) in [6, 6.07) is -0.282. The number of aliphatic hydroxyl groups excluding tert-OH is 1. The minimum atomic E-state index is -2.45. The van der Waals surface area contributed by atoms with Gasteiger partial charge in [-0.2, -0.15) is 0 Å². The fourth-order valence-electron chi connectivity index (χ4n) is 11.2. The number of ether oxygens (including phenoxy) is 8. The Balaban J connectivity index is 1.59. The van der Waals surface area contributed by atoms with Gasteiger partial charge in [-0.05, 0) is 113 Å². The highest BCUT2D eigenvalue weighted by atomic mass is 28.3. The van der Waals surface area contributed by atoms with Crippen molar-refractivity contribution in [2.24, 2.45) is 35.5 Å². The standard InChI is InChI=1S/C60H97NO16Si/c1-38-19-15-14-16-20-39(2)50(70-8)35-46-24-22-44(7)60(69,77-46)57(66)58(67)61-26-18-17-21-47(61)59(68)76-51(36-48(62)40(3)32-43(6)55(65)56(72-10)54(64)42(5)31-38)41(4)33-45-23-25-49(52(34-45)71-9)74-28-27-73-37-53(63)75-29-30-78(11,12)13/h14-16,19-20,32,38,40-42,44-47,49-52,55-56,65,69H,17-18,21-31,33-37H2,1-13H3/b16-14?,19-15+,39-20?,43-32+/t38-,40-,41+,42-,44-,45-,46+,47+,49-,50+,51+,52-,55-,56+,60-/m1/s1. The molecule has 15 atom stereocenters. The monoisotopic (exact) mass is 1120 g/mol. The van der Waals surface area contributed by atoms with Gasteiger partial charge in [-0.3, -0.25) is 19.2 Å². The lowest BCUT2D eigenvalue weighted by Crippen LogP contribution is -2.61. The van der Waals surface area contributed by atoms with Crippen LogP contribution in [0.4, 0.5) is 0 Å². The van der Waals surface area contributed by atoms with Crippen molar-refractivity contribution in [3.63, 3.8) is 0 Å². The van der Waals surface area contributed by atoms with Crippen LogP contribution in [0.25, 0.3) is 0 Å². The van der Waals surface area contributed by atoms with Gasteiger partial charge in [0.25, 0.3) is 11.7 Å². The summed E-state index contributed by atoms with van der Waals surface area (Å²) in [6.07, 6.45) is 11.6. The van der Waals surface area contributed by atoms with E-state index < -0.39 is 91.8 Å². The van der Waals surface area contributed by atoms with Crippen LogP contribution in [0.3, 0.4) is 0 Å². The number of allylic oxidation sites excluding steroid dienone is 6. The highest BCUT2D eigenvalue weighted by Crippen LogP contribution is 2.38. The van der Waals surface area contributed by atoms with Crippen LogP contribution in [-0.4, -0.2) is 167 Å². The molecule has 3 aliphatic heterocycles. The first-order valence-corrected chi connectivity index (χ1v) is 32.4. The van der Waals surface area contributed by atoms with Gasteiger partial charge in [0.2, 0.25) is 5.79 Å². The SMILES string of the molecule is CO[C@H]1C[C@@H]2CC[C@@H](C)[C@@](O)(O2)C(=O)C(=O)N2CCCC[C@H]2C(=O)O[C@H]([C@@H](C)C[C@H]2CC[C@@H](OCCOCC(=O)OCC[Si](C)(C)C)[C@H](OC)C2)CC(=O)[C@H](C)/C=C(\C)[C@@H](O)[C@@H](OC)C(=O)[C@H](C)C[C@H](C)/C=C/C=CC=C1C. The molecule has 3 heterocycles. The maximum atomic E-state index is 14.6. The quantitative estimate of drug-likeness (QED) is 0.0520. The van der Waals surface area contributed by atoms with E-state index in [1.165, 1.54) is 12.0 Å². The van der Waals surface area contributed by atoms with Crippen LogP contribution < -0.4 is 0 Å². The van der Waals surface area contributed by atoms with Crippen molar-refractivity contribution in [2.45, 2.75) is 206 Å². The zero-order chi connectivity index (χ0) is 57.9. The first-order chi connectivity index (χ1) is 36.8. The van der Waals surface area contributed by atoms with E-state index in [2.05, 4.69) is 19.6 Å². The first-order valence-electron chi connectivity index (χ1n) is 28.7. The molecule has 17 nitrogen and oxygen atoms in total. The Hall–Kier alpha value is -3.72. The molecular formula is C60H97NO16Si. The summed E-state index contributed by atoms with van der Waals surface area (Å²) in [5.41, 5.74) is 1.25. The molecule has 0 aromatic heterocycles. The number of aliphatic hydroxyl groups is 2. The average Bonchev–Trinajstić information content (AvgIpc) is 3.44. The molecule has 4 rings (SSSR count). The van der Waals surface area contributed by atoms with Gasteiger partial charge in [0, 0.05) is 66.5 Å². The van der Waals surface area contributed by atoms with Gasteiger partial charge >= 0.3 is 11.9 Å². The Kier molecular flexibility index (Phi) is 27.4. The highest BCUT2D eigenvalue weighted by molar-refractivity contribution is 6.76. The molecule has 0 aromatic carbocycles. The zero-order valence-electron chi connectivity index (χ0n) is 49.3. The topological polar surface area (TPSA) is 220 Å². The summed E-state index contributed by atoms with van der Waals surface area (Å²) in [7, 11) is 3.26. The molecule has 0 spiro atoms. The molecule has 2 N–H and O–H groups in total. The molecular weight excluding hydrogens is 1020 g/mol. The minimum Gasteiger partial charge on any atom is -0.464 e. The van der Waals surface area contributed by atoms with E-state index >= 15 is 0 Å². The molecule has 18 heteroatoms. The van der Waals surface area contributed by atoms with E-state index in [4.69, 9.17) is 37.9 Å². The van der Waals surface area contributed by atoms with Gasteiger partial charge in [-0.25, -0.2) is 9.59 Å². The number of Topliss-reactive ketones (excluding diaryl/α,β-unsaturated/α-hetero) is 3. The second kappa shape index (κ2) is 32.1. The van der Waals surface area contributed by atoms with Crippen LogP contribution in [0.15, 0.2) is 47.6 Å². The van der Waals surface area contributed by atoms with Crippen LogP contribution in [0.5, 0.6) is 0 Å². The van der Waals surface area contributed by atoms with Crippen molar-refractivity contribution in [3.05, 3.63) is 47.6 Å². The summed E-state index contributed by atoms with van der Waals surface area (Å²) < 4.78 is 47.0. The number of carbonyl (C=O) groups is 6. The number of ketones is 3. The van der Waals surface area contributed by atoms with Crippen LogP contribution in [-0.2, 0) is 66.7 Å². The number of carbonyl (C=O) groups excluding carboxylic acids is 6. The maximum Gasteiger partial charge on any atom is 0.332 e. The highest BCUT2D eigenvalue weighted by Gasteiger charge is 2.53. The Morgan fingerprint density at radius 1 is 0.846 bits per heavy atom. The molecule has 0 aromatic rings. The normalized spacial score (nSPS) is 34.7. The Morgan fingerprint density at radius 3 is 2.26 bits per heavy atom. The van der Waals surface area contributed by atoms with E-state index in [-0.39, 0.29) is 80.7 Å². The largest absolute Gasteiger partial charge is 0.464 e. The van der Waals surface area contributed by atoms with Crippen molar-refractivity contribution in [3.8, 4) is 0 Å². The number of nitrogens with zero attached hydrogens (tertiary/aromatic N) is 1. The number of esters is 2. The summed E-state index contributed by atoms with van der Waals surface area (Å²) in [6.45, 7) is 20.1. The van der Waals surface area contributed by atoms with E-state index in [0.29, 0.717) is 70.0 Å². The molecule has 442 valence electrons. The number of methoxy groups -OCH3 is 3. The van der Waals surface area contributed by atoms with E-state index in [9.17, 15) is 39.0 Å². The smallest absolute Gasteiger partial charge is 0.332 e. The third-order valence-electron chi connectivity index (χ3n) is 16.3. The Bertz CT molecular complexity index is 2100. The lowest BCUT2D eigenvalue weighted by molar-refractivity contribution is -0.265. The zero-order valence-corrected chi connectivity index (χ0v) is 50.3. The van der Waals surface area contributed by atoms with Gasteiger partial charge < -0.3 is 53.0 Å². The second-order valence-electron chi connectivity index (χ2n) is 24.0. The van der Waals surface area contributed by atoms with E-state index in [0.717, 1.165) is 18.0 Å². The lowest BCUT2D eigenvalue weighted by Gasteiger charge is -2.42. The van der Waals surface area contributed by atoms with Gasteiger partial charge in [-0.1, -0.05) is 90.7 Å². The fourth-order valence-corrected chi connectivity index (χ4v) is 11.9. The third kappa shape index (κ3) is 20.1. The summed E-state index contributed by atoms with van der Waals surface area (Å²) in [5.74, 6) is -8.55. The molecule has 3 fully saturated rings. The molecule has 2 bridgehead atoms. The molecule has 1 saturated carbocycles. The third-order valence-corrected chi connectivity index (χ3v) is 18.1. The number of hydrogen-bond donors (Lipinski definition) is 2. The number of hydrogen-bond acceptors (Lipinski definition) is 16. The number of piperidine rings is 1. The van der Waals surface area contributed by atoms with Crippen molar-refractivity contribution in [1.82, 2.24) is 4.90 Å². The number of cyclic esters (lactones) is 1. The number of rotatable bonds is 15. The van der Waals surface area contributed by atoms with E-state index in [1.54, 1.807) is 41.1 Å². The van der Waals surface area contributed by atoms with Gasteiger partial charge in [0.05, 0.1) is 44.2 Å². The average molecular weight is 1120 g/mol. The van der Waals surface area contributed by atoms with Gasteiger partial charge in [-0.15, -0.1) is 0 Å². The lowest BCUT2D eigenvalue weighted by atomic mass is 9.78. The van der Waals surface area contributed by atoms with Crippen LogP contribution in [0.2, 0.25) is 25.7 Å². The van der Waals surface area contributed by atoms with Crippen LogP contribution in [0.1, 0.15) is 126 Å². The Morgan fingerprint density at radius 2 is 1.58 bits per heavy atom. The van der Waals surface area contributed by atoms with Crippen molar-refractivity contribution < 1.29 is 76.9 Å². The Labute approximate surface area is 466 Å². The predicted octanol–water partition coefficient (Wildman–Crippen LogP) is 8.10. The molecule has 78 heavy (non-hydrogen) atoms. The van der Waals surface area contributed by atoms with Crippen LogP contribution in [0, 0.1) is 35.5 Å². The first kappa shape index (κ1) is 66.8. The fraction of sp³-hybridized carbons (Fsp3) is 0.767. The molecule has 1 aliphatic carbocycles. The van der Waals surface area contributed by atoms with Crippen molar-refractivity contribution in [2.75, 3.05) is 54.3 Å².